The second kappa shape index (κ2) is 12.0. The predicted molar refractivity (Wildman–Crippen MR) is 149 cm³/mol. The third-order valence-electron chi connectivity index (χ3n) is 7.26. The molecule has 2 aliphatic rings. The molecule has 0 amide bonds. The first-order valence-electron chi connectivity index (χ1n) is 12.7. The SMILES string of the molecule is COC(=O)C1=C(C)NC(C)=C(C(=O)OC)C1c1cc(CN2CCN(c3ccccc3Cl)CC2)c(O)c(OC)c1. The van der Waals surface area contributed by atoms with E-state index >= 15 is 0 Å². The number of carbonyl (C=O) groups excluding carboxylic acids is 2. The zero-order valence-electron chi connectivity index (χ0n) is 22.8. The molecule has 0 unspecified atom stereocenters. The number of phenols is 1. The molecule has 0 bridgehead atoms. The number of dihydropyridines is 1. The van der Waals surface area contributed by atoms with Crippen molar-refractivity contribution in [2.24, 2.45) is 0 Å². The van der Waals surface area contributed by atoms with Crippen LogP contribution < -0.4 is 15.0 Å². The van der Waals surface area contributed by atoms with Crippen molar-refractivity contribution in [3.63, 3.8) is 0 Å². The largest absolute Gasteiger partial charge is 0.504 e. The second-order valence-corrected chi connectivity index (χ2v) is 9.97. The van der Waals surface area contributed by atoms with Gasteiger partial charge in [-0.1, -0.05) is 23.7 Å². The number of phenolic OH excluding ortho intramolecular Hbond substituents is 1. The fraction of sp³-hybridized carbons (Fsp3) is 0.379. The molecular formula is C29H34ClN3O6. The smallest absolute Gasteiger partial charge is 0.336 e. The minimum absolute atomic E-state index is 0.0179. The van der Waals surface area contributed by atoms with Crippen LogP contribution in [0.2, 0.25) is 5.02 Å². The number of rotatable bonds is 7. The van der Waals surface area contributed by atoms with Crippen molar-refractivity contribution in [1.82, 2.24) is 10.2 Å². The molecule has 10 heteroatoms. The summed E-state index contributed by atoms with van der Waals surface area (Å²) in [5, 5.41) is 14.9. The fourth-order valence-electron chi connectivity index (χ4n) is 5.32. The molecule has 0 aliphatic carbocycles. The minimum atomic E-state index is -0.781. The van der Waals surface area contributed by atoms with Crippen LogP contribution in [0.1, 0.15) is 30.9 Å². The third-order valence-corrected chi connectivity index (χ3v) is 7.58. The summed E-state index contributed by atoms with van der Waals surface area (Å²) in [6, 6.07) is 11.3. The monoisotopic (exact) mass is 555 g/mol. The molecule has 0 spiro atoms. The highest BCUT2D eigenvalue weighted by molar-refractivity contribution is 6.33. The Labute approximate surface area is 233 Å². The first-order chi connectivity index (χ1) is 18.7. The highest BCUT2D eigenvalue weighted by Gasteiger charge is 2.38. The Hall–Kier alpha value is -3.69. The van der Waals surface area contributed by atoms with Crippen molar-refractivity contribution >= 4 is 29.2 Å². The summed E-state index contributed by atoms with van der Waals surface area (Å²) in [5.74, 6) is -1.65. The lowest BCUT2D eigenvalue weighted by molar-refractivity contribution is -0.137. The quantitative estimate of drug-likeness (QED) is 0.492. The summed E-state index contributed by atoms with van der Waals surface area (Å²) in [7, 11) is 4.07. The van der Waals surface area contributed by atoms with E-state index in [0.717, 1.165) is 36.9 Å². The van der Waals surface area contributed by atoms with Crippen LogP contribution in [0.15, 0.2) is 58.9 Å². The van der Waals surface area contributed by atoms with Crippen LogP contribution in [0.25, 0.3) is 0 Å². The van der Waals surface area contributed by atoms with Gasteiger partial charge in [0.1, 0.15) is 0 Å². The first kappa shape index (κ1) is 28.3. The first-order valence-corrected chi connectivity index (χ1v) is 13.0. The lowest BCUT2D eigenvalue weighted by atomic mass is 9.79. The number of ether oxygens (including phenoxy) is 3. The Balaban J connectivity index is 1.68. The van der Waals surface area contributed by atoms with Gasteiger partial charge in [-0.15, -0.1) is 0 Å². The van der Waals surface area contributed by atoms with Gasteiger partial charge in [0, 0.05) is 49.7 Å². The van der Waals surface area contributed by atoms with Crippen LogP contribution in [-0.2, 0) is 25.6 Å². The molecule has 2 heterocycles. The summed E-state index contributed by atoms with van der Waals surface area (Å²) in [6.07, 6.45) is 0. The van der Waals surface area contributed by atoms with Gasteiger partial charge in [0.05, 0.1) is 49.1 Å². The molecule has 1 fully saturated rings. The van der Waals surface area contributed by atoms with Crippen LogP contribution in [0.4, 0.5) is 5.69 Å². The lowest BCUT2D eigenvalue weighted by Gasteiger charge is -2.36. The molecular weight excluding hydrogens is 522 g/mol. The van der Waals surface area contributed by atoms with E-state index in [1.54, 1.807) is 19.9 Å². The Bertz CT molecular complexity index is 1290. The molecule has 2 aromatic rings. The van der Waals surface area contributed by atoms with E-state index in [4.69, 9.17) is 25.8 Å². The maximum Gasteiger partial charge on any atom is 0.336 e. The predicted octanol–water partition coefficient (Wildman–Crippen LogP) is 3.96. The van der Waals surface area contributed by atoms with Gasteiger partial charge in [-0.2, -0.15) is 0 Å². The van der Waals surface area contributed by atoms with Gasteiger partial charge >= 0.3 is 11.9 Å². The number of nitrogens with one attached hydrogen (secondary N) is 1. The van der Waals surface area contributed by atoms with Crippen molar-refractivity contribution in [2.75, 3.05) is 52.4 Å². The second-order valence-electron chi connectivity index (χ2n) is 9.56. The molecule has 1 saturated heterocycles. The van der Waals surface area contributed by atoms with Crippen LogP contribution in [0, 0.1) is 0 Å². The van der Waals surface area contributed by atoms with E-state index in [1.807, 2.05) is 30.3 Å². The number of carbonyl (C=O) groups is 2. The van der Waals surface area contributed by atoms with Crippen LogP contribution in [0.5, 0.6) is 11.5 Å². The average molecular weight is 556 g/mol. The van der Waals surface area contributed by atoms with Gasteiger partial charge in [-0.25, -0.2) is 9.59 Å². The normalized spacial score (nSPS) is 16.7. The standard InChI is InChI=1S/C29H34ClN3O6/c1-17-24(28(35)38-4)26(25(18(2)31-17)29(36)39-5)19-14-20(27(34)23(15-19)37-3)16-32-10-12-33(13-11-32)22-9-7-6-8-21(22)30/h6-9,14-15,26,31,34H,10-13,16H2,1-5H3. The van der Waals surface area contributed by atoms with Crippen molar-refractivity contribution in [2.45, 2.75) is 26.3 Å². The van der Waals surface area contributed by atoms with Gasteiger partial charge in [-0.05, 0) is 43.7 Å². The number of benzene rings is 2. The van der Waals surface area contributed by atoms with Gasteiger partial charge in [0.2, 0.25) is 0 Å². The van der Waals surface area contributed by atoms with Crippen LogP contribution in [0.3, 0.4) is 0 Å². The topological polar surface area (TPSA) is 101 Å². The molecule has 208 valence electrons. The summed E-state index contributed by atoms with van der Waals surface area (Å²) in [5.41, 5.74) is 3.95. The van der Waals surface area contributed by atoms with Crippen LogP contribution >= 0.6 is 11.6 Å². The zero-order chi connectivity index (χ0) is 28.3. The van der Waals surface area contributed by atoms with Gasteiger partial charge in [0.15, 0.2) is 11.5 Å². The number of allylic oxidation sites excluding steroid dienone is 2. The molecule has 4 rings (SSSR count). The Morgan fingerprint density at radius 2 is 1.56 bits per heavy atom. The Morgan fingerprint density at radius 1 is 0.974 bits per heavy atom. The van der Waals surface area contributed by atoms with Crippen molar-refractivity contribution in [1.29, 1.82) is 0 Å². The van der Waals surface area contributed by atoms with Crippen molar-refractivity contribution in [3.05, 3.63) is 75.1 Å². The van der Waals surface area contributed by atoms with E-state index < -0.39 is 17.9 Å². The van der Waals surface area contributed by atoms with Crippen molar-refractivity contribution in [3.8, 4) is 11.5 Å². The number of halogens is 1. The average Bonchev–Trinajstić information content (AvgIpc) is 2.93. The van der Waals surface area contributed by atoms with E-state index in [0.29, 0.717) is 29.1 Å². The fourth-order valence-corrected chi connectivity index (χ4v) is 5.57. The van der Waals surface area contributed by atoms with E-state index in [1.165, 1.54) is 21.3 Å². The molecule has 39 heavy (non-hydrogen) atoms. The van der Waals surface area contributed by atoms with Crippen LogP contribution in [-0.4, -0.2) is 69.5 Å². The summed E-state index contributed by atoms with van der Waals surface area (Å²) >= 11 is 6.40. The number of piperazine rings is 1. The summed E-state index contributed by atoms with van der Waals surface area (Å²) in [4.78, 5) is 30.3. The third kappa shape index (κ3) is 5.69. The number of anilines is 1. The molecule has 0 radical (unpaired) electrons. The van der Waals surface area contributed by atoms with E-state index in [2.05, 4.69) is 15.1 Å². The minimum Gasteiger partial charge on any atom is -0.504 e. The summed E-state index contributed by atoms with van der Waals surface area (Å²) in [6.45, 7) is 7.02. The maximum atomic E-state index is 12.9. The zero-order valence-corrected chi connectivity index (χ0v) is 23.6. The molecule has 0 aromatic heterocycles. The molecule has 2 N–H and O–H groups in total. The van der Waals surface area contributed by atoms with Gasteiger partial charge in [-0.3, -0.25) is 4.90 Å². The number of esters is 2. The van der Waals surface area contributed by atoms with E-state index in [9.17, 15) is 14.7 Å². The number of hydrogen-bond acceptors (Lipinski definition) is 9. The number of aromatic hydroxyl groups is 1. The molecule has 0 atom stereocenters. The number of hydrogen-bond donors (Lipinski definition) is 2. The van der Waals surface area contributed by atoms with E-state index in [-0.39, 0.29) is 22.6 Å². The Morgan fingerprint density at radius 3 is 2.10 bits per heavy atom. The Kier molecular flexibility index (Phi) is 8.72. The highest BCUT2D eigenvalue weighted by atomic mass is 35.5. The lowest BCUT2D eigenvalue weighted by Crippen LogP contribution is -2.46. The molecule has 2 aliphatic heterocycles. The molecule has 2 aromatic carbocycles. The molecule has 9 nitrogen and oxygen atoms in total. The number of nitrogens with zero attached hydrogens (tertiary/aromatic N) is 2. The van der Waals surface area contributed by atoms with Crippen molar-refractivity contribution < 1.29 is 28.9 Å². The number of methoxy groups -OCH3 is 3. The maximum absolute atomic E-state index is 12.9. The molecule has 0 saturated carbocycles. The number of para-hydroxylation sites is 1. The van der Waals surface area contributed by atoms with Gasteiger partial charge in [0.25, 0.3) is 0 Å². The van der Waals surface area contributed by atoms with Gasteiger partial charge < -0.3 is 29.5 Å². The summed E-state index contributed by atoms with van der Waals surface area (Å²) < 4.78 is 15.7. The highest BCUT2D eigenvalue weighted by Crippen LogP contribution is 2.43.